The lowest BCUT2D eigenvalue weighted by Gasteiger charge is -2.17. The molecule has 1 atom stereocenters. The fourth-order valence-corrected chi connectivity index (χ4v) is 2.46. The lowest BCUT2D eigenvalue weighted by Crippen LogP contribution is -2.35. The first-order valence-corrected chi connectivity index (χ1v) is 8.01. The Morgan fingerprint density at radius 3 is 2.81 bits per heavy atom. The van der Waals surface area contributed by atoms with Crippen LogP contribution < -0.4 is 24.3 Å². The Kier molecular flexibility index (Phi) is 5.13. The van der Waals surface area contributed by atoms with Crippen molar-refractivity contribution >= 4 is 5.91 Å². The van der Waals surface area contributed by atoms with E-state index in [2.05, 4.69) is 5.32 Å². The van der Waals surface area contributed by atoms with Crippen molar-refractivity contribution in [3.63, 3.8) is 0 Å². The van der Waals surface area contributed by atoms with Crippen LogP contribution in [0.4, 0.5) is 0 Å². The van der Waals surface area contributed by atoms with Crippen LogP contribution in [0.2, 0.25) is 0 Å². The fraction of sp³-hybridized carbons (Fsp3) is 0.263. The van der Waals surface area contributed by atoms with E-state index in [1.54, 1.807) is 25.1 Å². The van der Waals surface area contributed by atoms with E-state index in [0.29, 0.717) is 35.1 Å². The maximum atomic E-state index is 12.3. The number of hydrogen-bond donors (Lipinski definition) is 1. The molecule has 0 spiro atoms. The van der Waals surface area contributed by atoms with E-state index in [-0.39, 0.29) is 12.7 Å². The molecule has 0 saturated carbocycles. The van der Waals surface area contributed by atoms with Crippen molar-refractivity contribution in [3.05, 3.63) is 47.5 Å². The summed E-state index contributed by atoms with van der Waals surface area (Å²) in [7, 11) is 1.48. The Bertz CT molecular complexity index is 859. The highest BCUT2D eigenvalue weighted by Gasteiger charge is 2.18. The molecule has 7 heteroatoms. The molecule has 3 rings (SSSR count). The number of ether oxygens (including phenoxy) is 4. The fourth-order valence-electron chi connectivity index (χ4n) is 2.46. The van der Waals surface area contributed by atoms with Crippen LogP contribution in [0.1, 0.15) is 18.1 Å². The molecule has 0 fully saturated rings. The first-order chi connectivity index (χ1) is 12.6. The highest BCUT2D eigenvalue weighted by atomic mass is 16.7. The van der Waals surface area contributed by atoms with Gasteiger partial charge in [0.05, 0.1) is 18.7 Å². The van der Waals surface area contributed by atoms with Crippen molar-refractivity contribution in [2.45, 2.75) is 19.6 Å². The summed E-state index contributed by atoms with van der Waals surface area (Å²) in [6, 6.07) is 12.3. The molecule has 0 bridgehead atoms. The number of carbonyl (C=O) groups is 1. The largest absolute Gasteiger partial charge is 0.493 e. The van der Waals surface area contributed by atoms with Crippen LogP contribution >= 0.6 is 0 Å². The van der Waals surface area contributed by atoms with Gasteiger partial charge in [-0.15, -0.1) is 0 Å². The number of hydrogen-bond acceptors (Lipinski definition) is 6. The molecule has 134 valence electrons. The van der Waals surface area contributed by atoms with E-state index in [4.69, 9.17) is 24.2 Å². The summed E-state index contributed by atoms with van der Waals surface area (Å²) in [4.78, 5) is 12.3. The second kappa shape index (κ2) is 7.66. The zero-order valence-electron chi connectivity index (χ0n) is 14.4. The summed E-state index contributed by atoms with van der Waals surface area (Å²) in [5, 5.41) is 11.7. The van der Waals surface area contributed by atoms with E-state index in [1.807, 2.05) is 24.3 Å². The molecule has 7 nitrogen and oxygen atoms in total. The molecule has 1 aliphatic rings. The molecule has 0 unspecified atom stereocenters. The number of rotatable bonds is 6. The van der Waals surface area contributed by atoms with E-state index in [1.165, 1.54) is 7.11 Å². The summed E-state index contributed by atoms with van der Waals surface area (Å²) < 4.78 is 21.5. The average Bonchev–Trinajstić information content (AvgIpc) is 3.14. The monoisotopic (exact) mass is 354 g/mol. The molecule has 0 radical (unpaired) electrons. The van der Waals surface area contributed by atoms with Gasteiger partial charge in [0.2, 0.25) is 6.79 Å². The Hall–Kier alpha value is -3.40. The number of benzene rings is 2. The minimum atomic E-state index is -0.731. The molecular weight excluding hydrogens is 336 g/mol. The zero-order chi connectivity index (χ0) is 18.5. The normalized spacial score (nSPS) is 12.8. The second-order valence-electron chi connectivity index (χ2n) is 5.64. The molecule has 1 amide bonds. The number of nitriles is 1. The van der Waals surface area contributed by atoms with E-state index in [0.717, 1.165) is 5.56 Å². The van der Waals surface area contributed by atoms with Crippen LogP contribution in [-0.2, 0) is 11.3 Å². The number of methoxy groups -OCH3 is 1. The van der Waals surface area contributed by atoms with E-state index < -0.39 is 6.10 Å². The molecule has 0 saturated heterocycles. The van der Waals surface area contributed by atoms with Crippen molar-refractivity contribution in [2.24, 2.45) is 0 Å². The van der Waals surface area contributed by atoms with Crippen molar-refractivity contribution in [2.75, 3.05) is 13.9 Å². The minimum Gasteiger partial charge on any atom is -0.493 e. The molecule has 2 aromatic carbocycles. The molecule has 0 aromatic heterocycles. The van der Waals surface area contributed by atoms with Gasteiger partial charge < -0.3 is 24.3 Å². The van der Waals surface area contributed by atoms with Crippen LogP contribution in [0, 0.1) is 11.3 Å². The predicted molar refractivity (Wildman–Crippen MR) is 92.2 cm³/mol. The zero-order valence-corrected chi connectivity index (χ0v) is 14.4. The van der Waals surface area contributed by atoms with Gasteiger partial charge in [-0.25, -0.2) is 0 Å². The number of carbonyl (C=O) groups excluding carboxylic acids is 1. The SMILES string of the molecule is COc1cc(C#N)ccc1O[C@H](C)C(=O)NCc1ccc2c(c1)OCO2. The van der Waals surface area contributed by atoms with E-state index >= 15 is 0 Å². The van der Waals surface area contributed by atoms with Gasteiger partial charge in [-0.3, -0.25) is 4.79 Å². The quantitative estimate of drug-likeness (QED) is 0.857. The van der Waals surface area contributed by atoms with Crippen molar-refractivity contribution in [3.8, 4) is 29.1 Å². The maximum absolute atomic E-state index is 12.3. The van der Waals surface area contributed by atoms with Crippen LogP contribution in [0.5, 0.6) is 23.0 Å². The summed E-state index contributed by atoms with van der Waals surface area (Å²) in [5.41, 5.74) is 1.35. The summed E-state index contributed by atoms with van der Waals surface area (Å²) in [5.74, 6) is 1.90. The third-order valence-electron chi connectivity index (χ3n) is 3.87. The molecule has 26 heavy (non-hydrogen) atoms. The topological polar surface area (TPSA) is 89.8 Å². The third kappa shape index (κ3) is 3.81. The number of amides is 1. The van der Waals surface area contributed by atoms with Crippen LogP contribution in [0.3, 0.4) is 0 Å². The maximum Gasteiger partial charge on any atom is 0.261 e. The van der Waals surface area contributed by atoms with Gasteiger partial charge in [0, 0.05) is 12.6 Å². The van der Waals surface area contributed by atoms with Gasteiger partial charge in [-0.2, -0.15) is 5.26 Å². The third-order valence-corrected chi connectivity index (χ3v) is 3.87. The van der Waals surface area contributed by atoms with Crippen LogP contribution in [0.25, 0.3) is 0 Å². The minimum absolute atomic E-state index is 0.211. The smallest absolute Gasteiger partial charge is 0.261 e. The second-order valence-corrected chi connectivity index (χ2v) is 5.64. The van der Waals surface area contributed by atoms with Gasteiger partial charge in [0.25, 0.3) is 5.91 Å². The van der Waals surface area contributed by atoms with Gasteiger partial charge in [0.1, 0.15) is 0 Å². The Balaban J connectivity index is 1.59. The number of nitrogens with one attached hydrogen (secondary N) is 1. The first-order valence-electron chi connectivity index (χ1n) is 8.01. The molecule has 0 aliphatic carbocycles. The molecule has 1 heterocycles. The number of fused-ring (bicyclic) bond motifs is 1. The van der Waals surface area contributed by atoms with Crippen LogP contribution in [-0.4, -0.2) is 25.9 Å². The molecule has 1 N–H and O–H groups in total. The van der Waals surface area contributed by atoms with Gasteiger partial charge in [-0.1, -0.05) is 6.07 Å². The van der Waals surface area contributed by atoms with Gasteiger partial charge in [0.15, 0.2) is 29.1 Å². The van der Waals surface area contributed by atoms with Gasteiger partial charge in [-0.05, 0) is 36.8 Å². The molecule has 2 aromatic rings. The molecular formula is C19H18N2O5. The van der Waals surface area contributed by atoms with Crippen molar-refractivity contribution in [1.82, 2.24) is 5.32 Å². The lowest BCUT2D eigenvalue weighted by atomic mass is 10.2. The summed E-state index contributed by atoms with van der Waals surface area (Å²) >= 11 is 0. The average molecular weight is 354 g/mol. The Morgan fingerprint density at radius 2 is 2.04 bits per heavy atom. The standard InChI is InChI=1S/C19H18N2O5/c1-12(26-16-6-3-13(9-20)7-17(16)23-2)19(22)21-10-14-4-5-15-18(8-14)25-11-24-15/h3-8,12H,10-11H2,1-2H3,(H,21,22)/t12-/m1/s1. The Morgan fingerprint density at radius 1 is 1.23 bits per heavy atom. The molecule has 1 aliphatic heterocycles. The Labute approximate surface area is 151 Å². The van der Waals surface area contributed by atoms with E-state index in [9.17, 15) is 4.79 Å². The predicted octanol–water partition coefficient (Wildman–Crippen LogP) is 2.38. The van der Waals surface area contributed by atoms with Crippen LogP contribution in [0.15, 0.2) is 36.4 Å². The van der Waals surface area contributed by atoms with Crippen molar-refractivity contribution < 1.29 is 23.7 Å². The van der Waals surface area contributed by atoms with Gasteiger partial charge >= 0.3 is 0 Å². The van der Waals surface area contributed by atoms with Crippen molar-refractivity contribution in [1.29, 1.82) is 5.26 Å². The summed E-state index contributed by atoms with van der Waals surface area (Å²) in [6.07, 6.45) is -0.731. The highest BCUT2D eigenvalue weighted by molar-refractivity contribution is 5.80. The first kappa shape index (κ1) is 17.4. The lowest BCUT2D eigenvalue weighted by molar-refractivity contribution is -0.127. The number of nitrogens with zero attached hydrogens (tertiary/aromatic N) is 1. The summed E-state index contributed by atoms with van der Waals surface area (Å²) in [6.45, 7) is 2.20. The highest BCUT2D eigenvalue weighted by Crippen LogP contribution is 2.32.